The molecule has 3 N–H and O–H groups in total. The Morgan fingerprint density at radius 1 is 1.69 bits per heavy atom. The van der Waals surface area contributed by atoms with Gasteiger partial charge in [0, 0.05) is 8.03 Å². The zero-order valence-corrected chi connectivity index (χ0v) is 10.9. The first-order valence-electron chi connectivity index (χ1n) is 3.58. The Balaban J connectivity index is 0. The molecule has 0 aliphatic carbocycles. The first-order valence-corrected chi connectivity index (χ1v) is 5.11. The summed E-state index contributed by atoms with van der Waals surface area (Å²) in [6.07, 6.45) is 0.520. The van der Waals surface area contributed by atoms with E-state index >= 15 is 0 Å². The molecule has 7 heteroatoms. The molecule has 0 saturated heterocycles. The first-order chi connectivity index (χ1) is 5.36. The van der Waals surface area contributed by atoms with Gasteiger partial charge in [0.2, 0.25) is 0 Å². The molecule has 0 heterocycles. The van der Waals surface area contributed by atoms with Crippen LogP contribution in [0.5, 0.6) is 0 Å². The van der Waals surface area contributed by atoms with Crippen molar-refractivity contribution < 1.29 is 48.9 Å². The Morgan fingerprint density at radius 3 is 2.46 bits per heavy atom. The van der Waals surface area contributed by atoms with Crippen LogP contribution in [0.15, 0.2) is 0 Å². The average molecular weight is 217 g/mol. The van der Waals surface area contributed by atoms with Gasteiger partial charge in [0.15, 0.2) is 0 Å². The molecular formula is C6H13NNaO4P. The SMILES string of the molecule is CC(N)(CCC[PH](=O)[O-])C(=O)O.[Na+]. The average Bonchev–Trinajstić information content (AvgIpc) is 1.85. The fourth-order valence-electron chi connectivity index (χ4n) is 0.707. The Bertz CT molecular complexity index is 197. The van der Waals surface area contributed by atoms with E-state index in [2.05, 4.69) is 0 Å². The first kappa shape index (κ1) is 16.1. The smallest absolute Gasteiger partial charge is 0.802 e. The van der Waals surface area contributed by atoms with Gasteiger partial charge in [-0.3, -0.25) is 4.79 Å². The van der Waals surface area contributed by atoms with E-state index in [0.717, 1.165) is 0 Å². The number of nitrogens with two attached hydrogens (primary N) is 1. The van der Waals surface area contributed by atoms with E-state index in [9.17, 15) is 14.3 Å². The Hall–Kier alpha value is 0.620. The largest absolute Gasteiger partial charge is 1.00 e. The molecule has 72 valence electrons. The zero-order chi connectivity index (χ0) is 9.78. The van der Waals surface area contributed by atoms with Gasteiger partial charge in [0.25, 0.3) is 0 Å². The maximum atomic E-state index is 10.4. The van der Waals surface area contributed by atoms with E-state index in [1.165, 1.54) is 6.92 Å². The predicted molar refractivity (Wildman–Crippen MR) is 43.3 cm³/mol. The fourth-order valence-corrected chi connectivity index (χ4v) is 1.17. The van der Waals surface area contributed by atoms with Crippen molar-refractivity contribution in [3.63, 3.8) is 0 Å². The van der Waals surface area contributed by atoms with E-state index in [4.69, 9.17) is 10.8 Å². The summed E-state index contributed by atoms with van der Waals surface area (Å²) in [5, 5.41) is 8.53. The van der Waals surface area contributed by atoms with Gasteiger partial charge in [0.05, 0.1) is 0 Å². The molecule has 0 bridgehead atoms. The van der Waals surface area contributed by atoms with E-state index in [-0.39, 0.29) is 42.1 Å². The number of carbonyl (C=O) groups is 1. The van der Waals surface area contributed by atoms with Crippen LogP contribution in [0.4, 0.5) is 0 Å². The van der Waals surface area contributed by atoms with Gasteiger partial charge in [-0.1, -0.05) is 0 Å². The predicted octanol–water partition coefficient (Wildman–Crippen LogP) is -3.59. The van der Waals surface area contributed by atoms with Crippen molar-refractivity contribution in [3.8, 4) is 0 Å². The van der Waals surface area contributed by atoms with Crippen LogP contribution in [0.1, 0.15) is 19.8 Å². The number of rotatable bonds is 5. The van der Waals surface area contributed by atoms with Crippen LogP contribution in [0.25, 0.3) is 0 Å². The monoisotopic (exact) mass is 217 g/mol. The minimum atomic E-state index is -2.73. The molecule has 2 atom stereocenters. The van der Waals surface area contributed by atoms with Gasteiger partial charge in [-0.2, -0.15) is 0 Å². The minimum Gasteiger partial charge on any atom is -0.802 e. The summed E-state index contributed by atoms with van der Waals surface area (Å²) in [7, 11) is -2.73. The summed E-state index contributed by atoms with van der Waals surface area (Å²) in [6, 6.07) is 0. The van der Waals surface area contributed by atoms with Crippen molar-refractivity contribution >= 4 is 14.0 Å². The summed E-state index contributed by atoms with van der Waals surface area (Å²) in [6.45, 7) is 1.37. The van der Waals surface area contributed by atoms with Crippen LogP contribution < -0.4 is 40.2 Å². The second kappa shape index (κ2) is 6.98. The van der Waals surface area contributed by atoms with E-state index in [1.807, 2.05) is 0 Å². The third kappa shape index (κ3) is 7.67. The minimum absolute atomic E-state index is 0. The molecule has 5 nitrogen and oxygen atoms in total. The third-order valence-electron chi connectivity index (χ3n) is 1.57. The molecule has 0 aromatic heterocycles. The van der Waals surface area contributed by atoms with Crippen LogP contribution in [-0.2, 0) is 9.36 Å². The Labute approximate surface area is 99.9 Å². The van der Waals surface area contributed by atoms with Crippen molar-refractivity contribution in [2.45, 2.75) is 25.3 Å². The molecule has 13 heavy (non-hydrogen) atoms. The number of carboxylic acid groups (broad SMARTS) is 1. The van der Waals surface area contributed by atoms with Crippen molar-refractivity contribution in [3.05, 3.63) is 0 Å². The van der Waals surface area contributed by atoms with E-state index in [1.54, 1.807) is 0 Å². The van der Waals surface area contributed by atoms with Gasteiger partial charge in [0.1, 0.15) is 5.54 Å². The second-order valence-corrected chi connectivity index (χ2v) is 4.19. The van der Waals surface area contributed by atoms with Crippen molar-refractivity contribution in [1.29, 1.82) is 0 Å². The number of aliphatic carboxylic acids is 1. The molecule has 0 saturated carbocycles. The molecule has 0 radical (unpaired) electrons. The molecule has 0 aliphatic heterocycles. The van der Waals surface area contributed by atoms with Crippen LogP contribution in [0, 0.1) is 0 Å². The maximum absolute atomic E-state index is 10.4. The quantitative estimate of drug-likeness (QED) is 0.366. The molecule has 0 amide bonds. The van der Waals surface area contributed by atoms with Crippen molar-refractivity contribution in [2.75, 3.05) is 6.16 Å². The van der Waals surface area contributed by atoms with E-state index < -0.39 is 19.5 Å². The summed E-state index contributed by atoms with van der Waals surface area (Å²) < 4.78 is 10.1. The summed E-state index contributed by atoms with van der Waals surface area (Å²) in [4.78, 5) is 20.6. The molecule has 0 aromatic carbocycles. The van der Waals surface area contributed by atoms with Gasteiger partial charge in [-0.05, 0) is 25.9 Å². The molecule has 2 unspecified atom stereocenters. The van der Waals surface area contributed by atoms with Gasteiger partial charge < -0.3 is 20.3 Å². The molecule has 0 spiro atoms. The number of carboxylic acids is 1. The normalized spacial score (nSPS) is 16.8. The van der Waals surface area contributed by atoms with E-state index in [0.29, 0.717) is 6.42 Å². The summed E-state index contributed by atoms with van der Waals surface area (Å²) in [5.74, 6) is -1.10. The Kier molecular flexibility index (Phi) is 8.63. The zero-order valence-electron chi connectivity index (χ0n) is 7.87. The maximum Gasteiger partial charge on any atom is 1.00 e. The fraction of sp³-hybridized carbons (Fsp3) is 0.833. The molecule has 0 aliphatic rings. The molecule has 0 fully saturated rings. The molecular weight excluding hydrogens is 204 g/mol. The number of hydrogen-bond acceptors (Lipinski definition) is 4. The standard InChI is InChI=1S/C6H14NO4P.Na/c1-6(7,5(8)9)3-2-4-12(10)11;/h12H,2-4,7H2,1H3,(H,8,9)(H,10,11);/q;+1/p-1. The molecule has 0 aromatic rings. The second-order valence-electron chi connectivity index (χ2n) is 2.95. The third-order valence-corrected chi connectivity index (χ3v) is 2.33. The van der Waals surface area contributed by atoms with Gasteiger partial charge in [-0.15, -0.1) is 0 Å². The molecule has 0 rings (SSSR count). The van der Waals surface area contributed by atoms with Crippen LogP contribution >= 0.6 is 8.03 Å². The van der Waals surface area contributed by atoms with Crippen molar-refractivity contribution in [1.82, 2.24) is 0 Å². The van der Waals surface area contributed by atoms with Gasteiger partial charge >= 0.3 is 35.5 Å². The summed E-state index contributed by atoms with van der Waals surface area (Å²) >= 11 is 0. The number of hydrogen-bond donors (Lipinski definition) is 2. The van der Waals surface area contributed by atoms with Crippen LogP contribution in [0.3, 0.4) is 0 Å². The van der Waals surface area contributed by atoms with Gasteiger partial charge in [-0.25, -0.2) is 0 Å². The Morgan fingerprint density at radius 2 is 2.15 bits per heavy atom. The summed E-state index contributed by atoms with van der Waals surface area (Å²) in [5.41, 5.74) is 4.05. The van der Waals surface area contributed by atoms with Crippen LogP contribution in [-0.4, -0.2) is 22.8 Å². The topological polar surface area (TPSA) is 103 Å². The van der Waals surface area contributed by atoms with Crippen molar-refractivity contribution in [2.24, 2.45) is 5.73 Å². The van der Waals surface area contributed by atoms with Crippen LogP contribution in [0.2, 0.25) is 0 Å².